The summed E-state index contributed by atoms with van der Waals surface area (Å²) < 4.78 is 39.5. The lowest BCUT2D eigenvalue weighted by Gasteiger charge is -2.07. The molecule has 0 bridgehead atoms. The molecule has 0 amide bonds. The second kappa shape index (κ2) is 7.73. The first-order valence-corrected chi connectivity index (χ1v) is 7.12. The molecule has 0 spiro atoms. The number of esters is 2. The highest BCUT2D eigenvalue weighted by Crippen LogP contribution is 2.27. The monoisotopic (exact) mass is 343 g/mol. The van der Waals surface area contributed by atoms with Crippen LogP contribution in [-0.4, -0.2) is 29.8 Å². The topological polar surface area (TPSA) is 78.6 Å². The average molecular weight is 343 g/mol. The van der Waals surface area contributed by atoms with Crippen molar-refractivity contribution in [3.63, 3.8) is 0 Å². The van der Waals surface area contributed by atoms with E-state index >= 15 is 0 Å². The molecular weight excluding hydrogens is 332 g/mol. The summed E-state index contributed by atoms with van der Waals surface area (Å²) in [6.45, 7) is -0.343. The number of alkyl halides is 2. The summed E-state index contributed by atoms with van der Waals surface area (Å²) in [5, 5.41) is -0.139. The van der Waals surface area contributed by atoms with Gasteiger partial charge in [0.05, 0.1) is 18.9 Å². The summed E-state index contributed by atoms with van der Waals surface area (Å²) >= 11 is 0.146. The first-order valence-electron chi connectivity index (χ1n) is 6.24. The maximum Gasteiger partial charge on any atom is 0.341 e. The zero-order chi connectivity index (χ0) is 16.8. The summed E-state index contributed by atoms with van der Waals surface area (Å²) in [6.07, 6.45) is 2.54. The van der Waals surface area contributed by atoms with E-state index in [1.54, 1.807) is 0 Å². The van der Waals surface area contributed by atoms with E-state index in [2.05, 4.69) is 9.72 Å². The lowest BCUT2D eigenvalue weighted by atomic mass is 10.2. The molecule has 0 fully saturated rings. The van der Waals surface area contributed by atoms with Crippen LogP contribution in [0.3, 0.4) is 0 Å². The van der Waals surface area contributed by atoms with Crippen molar-refractivity contribution in [2.75, 3.05) is 7.11 Å². The number of ether oxygens (including phenoxy) is 2. The third kappa shape index (κ3) is 4.28. The average Bonchev–Trinajstić information content (AvgIpc) is 3.00. The number of carbonyl (C=O) groups excluding carboxylic acids is 2. The normalized spacial score (nSPS) is 10.6. The van der Waals surface area contributed by atoms with Gasteiger partial charge in [-0.05, 0) is 30.0 Å². The largest absolute Gasteiger partial charge is 0.465 e. The van der Waals surface area contributed by atoms with Crippen molar-refractivity contribution < 1.29 is 32.3 Å². The number of aromatic nitrogens is 1. The molecule has 122 valence electrons. The summed E-state index contributed by atoms with van der Waals surface area (Å²) in [6, 6.07) is 4.12. The second-order valence-electron chi connectivity index (χ2n) is 4.06. The van der Waals surface area contributed by atoms with E-state index < -0.39 is 17.7 Å². The molecule has 2 rings (SSSR count). The minimum absolute atomic E-state index is 0.0935. The summed E-state index contributed by atoms with van der Waals surface area (Å²) in [7, 11) is 1.20. The SMILES string of the molecule is COC(=O)c1ccoc1COC(=O)c1cccnc1SC(F)F. The molecule has 0 radical (unpaired) electrons. The van der Waals surface area contributed by atoms with E-state index in [4.69, 9.17) is 9.15 Å². The number of thioether (sulfide) groups is 1. The van der Waals surface area contributed by atoms with Crippen LogP contribution in [0.25, 0.3) is 0 Å². The van der Waals surface area contributed by atoms with Crippen molar-refractivity contribution in [2.24, 2.45) is 0 Å². The number of hydrogen-bond donors (Lipinski definition) is 0. The van der Waals surface area contributed by atoms with Gasteiger partial charge < -0.3 is 13.9 Å². The first kappa shape index (κ1) is 16.9. The molecule has 2 aromatic heterocycles. The zero-order valence-electron chi connectivity index (χ0n) is 11.8. The Balaban J connectivity index is 2.09. The Bertz CT molecular complexity index is 704. The van der Waals surface area contributed by atoms with Crippen molar-refractivity contribution in [2.45, 2.75) is 17.4 Å². The van der Waals surface area contributed by atoms with Gasteiger partial charge in [-0.2, -0.15) is 8.78 Å². The molecule has 0 aliphatic carbocycles. The van der Waals surface area contributed by atoms with Crippen LogP contribution in [0.2, 0.25) is 0 Å². The lowest BCUT2D eigenvalue weighted by molar-refractivity contribution is 0.0427. The van der Waals surface area contributed by atoms with Crippen LogP contribution < -0.4 is 0 Å². The minimum atomic E-state index is -2.72. The molecule has 0 saturated carbocycles. The Morgan fingerprint density at radius 3 is 2.78 bits per heavy atom. The number of carbonyl (C=O) groups is 2. The van der Waals surface area contributed by atoms with Gasteiger partial charge in [-0.1, -0.05) is 0 Å². The molecule has 0 saturated heterocycles. The molecule has 0 atom stereocenters. The van der Waals surface area contributed by atoms with Gasteiger partial charge in [-0.25, -0.2) is 14.6 Å². The van der Waals surface area contributed by atoms with Crippen molar-refractivity contribution in [3.05, 3.63) is 47.5 Å². The number of hydrogen-bond acceptors (Lipinski definition) is 7. The highest BCUT2D eigenvalue weighted by atomic mass is 32.2. The maximum atomic E-state index is 12.5. The number of nitrogens with zero attached hydrogens (tertiary/aromatic N) is 1. The number of methoxy groups -OCH3 is 1. The van der Waals surface area contributed by atoms with E-state index in [9.17, 15) is 18.4 Å². The quantitative estimate of drug-likeness (QED) is 0.589. The van der Waals surface area contributed by atoms with Gasteiger partial charge in [-0.15, -0.1) is 0 Å². The highest BCUT2D eigenvalue weighted by Gasteiger charge is 2.20. The van der Waals surface area contributed by atoms with Gasteiger partial charge in [0.1, 0.15) is 10.6 Å². The number of halogens is 2. The highest BCUT2D eigenvalue weighted by molar-refractivity contribution is 7.99. The van der Waals surface area contributed by atoms with E-state index in [1.165, 1.54) is 37.8 Å². The van der Waals surface area contributed by atoms with Crippen molar-refractivity contribution in [1.82, 2.24) is 4.98 Å². The molecular formula is C14H11F2NO5S. The fourth-order valence-electron chi connectivity index (χ4n) is 1.68. The second-order valence-corrected chi connectivity index (χ2v) is 5.04. The number of furan rings is 1. The molecule has 2 aromatic rings. The Morgan fingerprint density at radius 2 is 2.09 bits per heavy atom. The van der Waals surface area contributed by atoms with Crippen LogP contribution in [0.5, 0.6) is 0 Å². The zero-order valence-corrected chi connectivity index (χ0v) is 12.6. The Hall–Kier alpha value is -2.42. The standard InChI is InChI=1S/C14H11F2NO5S/c1-20-12(18)8-4-6-21-10(8)7-22-13(19)9-3-2-5-17-11(9)23-14(15)16/h2-6,14H,7H2,1H3. The number of rotatable bonds is 6. The molecule has 9 heteroatoms. The van der Waals surface area contributed by atoms with Crippen LogP contribution in [-0.2, 0) is 16.1 Å². The fraction of sp³-hybridized carbons (Fsp3) is 0.214. The number of pyridine rings is 1. The van der Waals surface area contributed by atoms with E-state index in [0.717, 1.165) is 0 Å². The summed E-state index contributed by atoms with van der Waals surface area (Å²) in [5.74, 6) is -4.11. The van der Waals surface area contributed by atoms with E-state index in [-0.39, 0.29) is 40.3 Å². The van der Waals surface area contributed by atoms with Gasteiger partial charge >= 0.3 is 11.9 Å². The van der Waals surface area contributed by atoms with Crippen LogP contribution in [0, 0.1) is 0 Å². The summed E-state index contributed by atoms with van der Waals surface area (Å²) in [4.78, 5) is 27.2. The molecule has 0 N–H and O–H groups in total. The van der Waals surface area contributed by atoms with Gasteiger partial charge in [-0.3, -0.25) is 0 Å². The fourth-order valence-corrected chi connectivity index (χ4v) is 2.25. The van der Waals surface area contributed by atoms with Crippen LogP contribution in [0.4, 0.5) is 8.78 Å². The minimum Gasteiger partial charge on any atom is -0.465 e. The van der Waals surface area contributed by atoms with Crippen LogP contribution >= 0.6 is 11.8 Å². The lowest BCUT2D eigenvalue weighted by Crippen LogP contribution is -2.10. The Kier molecular flexibility index (Phi) is 5.69. The molecule has 0 aromatic carbocycles. The van der Waals surface area contributed by atoms with Gasteiger partial charge in [0.15, 0.2) is 12.4 Å². The molecule has 0 unspecified atom stereocenters. The summed E-state index contributed by atoms with van der Waals surface area (Å²) in [5.41, 5.74) is 0.0256. The molecule has 2 heterocycles. The first-order chi connectivity index (χ1) is 11.0. The third-order valence-corrected chi connectivity index (χ3v) is 3.40. The smallest absolute Gasteiger partial charge is 0.341 e. The third-order valence-electron chi connectivity index (χ3n) is 2.68. The van der Waals surface area contributed by atoms with Crippen molar-refractivity contribution in [1.29, 1.82) is 0 Å². The molecule has 6 nitrogen and oxygen atoms in total. The van der Waals surface area contributed by atoms with Crippen LogP contribution in [0.15, 0.2) is 40.1 Å². The maximum absolute atomic E-state index is 12.5. The molecule has 0 aliphatic heterocycles. The van der Waals surface area contributed by atoms with E-state index in [1.807, 2.05) is 0 Å². The Labute approximate surface area is 133 Å². The predicted octanol–water partition coefficient (Wildman–Crippen LogP) is 3.13. The van der Waals surface area contributed by atoms with E-state index in [0.29, 0.717) is 0 Å². The van der Waals surface area contributed by atoms with Crippen molar-refractivity contribution >= 4 is 23.7 Å². The van der Waals surface area contributed by atoms with Crippen molar-refractivity contribution in [3.8, 4) is 0 Å². The molecule has 0 aliphatic rings. The van der Waals surface area contributed by atoms with Gasteiger partial charge in [0, 0.05) is 6.20 Å². The predicted molar refractivity (Wildman–Crippen MR) is 75.3 cm³/mol. The molecule has 23 heavy (non-hydrogen) atoms. The van der Waals surface area contributed by atoms with Crippen LogP contribution in [0.1, 0.15) is 26.5 Å². The van der Waals surface area contributed by atoms with Gasteiger partial charge in [0.2, 0.25) is 0 Å². The van der Waals surface area contributed by atoms with Gasteiger partial charge in [0.25, 0.3) is 5.76 Å². The Morgan fingerprint density at radius 1 is 1.30 bits per heavy atom.